The van der Waals surface area contributed by atoms with Gasteiger partial charge in [-0.3, -0.25) is 40.7 Å². The highest BCUT2D eigenvalue weighted by Crippen LogP contribution is 2.27. The number of non-ortho nitro benzene ring substituents is 1. The normalized spacial score (nSPS) is 10.2. The quantitative estimate of drug-likeness (QED) is 0.627. The van der Waals surface area contributed by atoms with Crippen molar-refractivity contribution < 1.29 is 19.4 Å². The Morgan fingerprint density at radius 3 is 2.24 bits per heavy atom. The highest BCUT2D eigenvalue weighted by Gasteiger charge is 2.25. The van der Waals surface area contributed by atoms with E-state index in [2.05, 4.69) is 10.9 Å². The van der Waals surface area contributed by atoms with Crippen LogP contribution < -0.4 is 10.9 Å². The lowest BCUT2D eigenvalue weighted by Crippen LogP contribution is -2.42. The van der Waals surface area contributed by atoms with E-state index in [0.29, 0.717) is 0 Å². The number of carbonyl (C=O) groups is 2. The summed E-state index contributed by atoms with van der Waals surface area (Å²) in [6, 6.07) is 4.83. The van der Waals surface area contributed by atoms with E-state index in [0.717, 1.165) is 12.1 Å². The molecule has 0 aliphatic carbocycles. The second kappa shape index (κ2) is 6.78. The predicted octanol–water partition coefficient (Wildman–Crippen LogP) is 1.22. The average molecular weight is 347 g/mol. The summed E-state index contributed by atoms with van der Waals surface area (Å²) in [4.78, 5) is 44.4. The van der Waals surface area contributed by atoms with Crippen molar-refractivity contribution in [2.45, 2.75) is 6.92 Å². The highest BCUT2D eigenvalue weighted by molar-refractivity contribution is 6.00. The molecule has 2 rings (SSSR count). The number of benzene rings is 1. The number of nitro groups is 2. The number of nitro benzene ring substituents is 2. The Morgan fingerprint density at radius 2 is 1.72 bits per heavy atom. The zero-order valence-electron chi connectivity index (χ0n) is 13.2. The number of hydrogen-bond donors (Lipinski definition) is 2. The maximum absolute atomic E-state index is 12.2. The van der Waals surface area contributed by atoms with Gasteiger partial charge in [-0.05, 0) is 19.1 Å². The van der Waals surface area contributed by atoms with Gasteiger partial charge in [0.25, 0.3) is 23.2 Å². The fourth-order valence-corrected chi connectivity index (χ4v) is 2.16. The smallest absolute Gasteiger partial charge is 0.286 e. The third-order valence-electron chi connectivity index (χ3n) is 3.48. The zero-order chi connectivity index (χ0) is 18.7. The molecule has 0 spiro atoms. The molecule has 11 nitrogen and oxygen atoms in total. The van der Waals surface area contributed by atoms with Crippen molar-refractivity contribution >= 4 is 23.2 Å². The molecule has 1 aromatic heterocycles. The van der Waals surface area contributed by atoms with Gasteiger partial charge in [0.1, 0.15) is 5.69 Å². The highest BCUT2D eigenvalue weighted by atomic mass is 16.6. The predicted molar refractivity (Wildman–Crippen MR) is 84.8 cm³/mol. The lowest BCUT2D eigenvalue weighted by atomic mass is 10.1. The third kappa shape index (κ3) is 3.60. The van der Waals surface area contributed by atoms with Crippen LogP contribution in [0, 0.1) is 27.2 Å². The van der Waals surface area contributed by atoms with Gasteiger partial charge < -0.3 is 4.57 Å². The maximum Gasteiger partial charge on any atom is 0.286 e. The number of aromatic nitrogens is 1. The molecule has 0 bridgehead atoms. The molecule has 0 aliphatic rings. The molecule has 25 heavy (non-hydrogen) atoms. The number of amides is 2. The molecule has 0 radical (unpaired) electrons. The van der Waals surface area contributed by atoms with Crippen LogP contribution in [0.25, 0.3) is 0 Å². The van der Waals surface area contributed by atoms with Crippen LogP contribution in [0.3, 0.4) is 0 Å². The summed E-state index contributed by atoms with van der Waals surface area (Å²) in [7, 11) is 1.63. The van der Waals surface area contributed by atoms with E-state index in [1.165, 1.54) is 17.6 Å². The minimum Gasteiger partial charge on any atom is -0.347 e. The first kappa shape index (κ1) is 17.6. The summed E-state index contributed by atoms with van der Waals surface area (Å²) in [5.41, 5.74) is 3.00. The van der Waals surface area contributed by atoms with Gasteiger partial charge in [-0.1, -0.05) is 0 Å². The van der Waals surface area contributed by atoms with Crippen LogP contribution in [0.1, 0.15) is 26.4 Å². The Hall–Kier alpha value is -3.76. The summed E-state index contributed by atoms with van der Waals surface area (Å²) in [5, 5.41) is 21.9. The van der Waals surface area contributed by atoms with Crippen LogP contribution in [0.5, 0.6) is 0 Å². The van der Waals surface area contributed by atoms with Crippen LogP contribution in [-0.4, -0.2) is 26.2 Å². The monoisotopic (exact) mass is 347 g/mol. The van der Waals surface area contributed by atoms with Gasteiger partial charge in [0.05, 0.1) is 21.5 Å². The minimum atomic E-state index is -0.910. The second-order valence-electron chi connectivity index (χ2n) is 5.06. The van der Waals surface area contributed by atoms with Crippen molar-refractivity contribution in [3.63, 3.8) is 0 Å². The summed E-state index contributed by atoms with van der Waals surface area (Å²) >= 11 is 0. The first-order valence-corrected chi connectivity index (χ1v) is 6.87. The van der Waals surface area contributed by atoms with Gasteiger partial charge in [0.15, 0.2) is 0 Å². The van der Waals surface area contributed by atoms with Crippen LogP contribution in [0.15, 0.2) is 30.5 Å². The SMILES string of the molecule is Cc1c(C(=O)NNC(=O)c2cccn2C)cc([N+](=O)[O-])cc1[N+](=O)[O-]. The maximum atomic E-state index is 12.2. The van der Waals surface area contributed by atoms with Crippen molar-refractivity contribution in [2.24, 2.45) is 7.05 Å². The van der Waals surface area contributed by atoms with Gasteiger partial charge in [-0.25, -0.2) is 0 Å². The Bertz CT molecular complexity index is 888. The molecule has 130 valence electrons. The summed E-state index contributed by atoms with van der Waals surface area (Å²) in [6.07, 6.45) is 1.63. The van der Waals surface area contributed by atoms with Crippen LogP contribution in [-0.2, 0) is 7.05 Å². The summed E-state index contributed by atoms with van der Waals surface area (Å²) in [5.74, 6) is -1.52. The Balaban J connectivity index is 2.26. The van der Waals surface area contributed by atoms with Gasteiger partial charge in [0, 0.05) is 24.9 Å². The van der Waals surface area contributed by atoms with Gasteiger partial charge >= 0.3 is 0 Å². The topological polar surface area (TPSA) is 149 Å². The number of rotatable bonds is 4. The second-order valence-corrected chi connectivity index (χ2v) is 5.06. The average Bonchev–Trinajstić information content (AvgIpc) is 2.98. The van der Waals surface area contributed by atoms with E-state index >= 15 is 0 Å². The molecule has 0 fully saturated rings. The largest absolute Gasteiger partial charge is 0.347 e. The van der Waals surface area contributed by atoms with E-state index in [1.807, 2.05) is 0 Å². The van der Waals surface area contributed by atoms with E-state index < -0.39 is 33.0 Å². The van der Waals surface area contributed by atoms with Crippen LogP contribution in [0.4, 0.5) is 11.4 Å². The van der Waals surface area contributed by atoms with Crippen molar-refractivity contribution in [1.82, 2.24) is 15.4 Å². The van der Waals surface area contributed by atoms with E-state index in [-0.39, 0.29) is 16.8 Å². The molecule has 0 atom stereocenters. The molecule has 0 saturated heterocycles. The number of carbonyl (C=O) groups excluding carboxylic acids is 2. The molecule has 2 aromatic rings. The Morgan fingerprint density at radius 1 is 1.08 bits per heavy atom. The third-order valence-corrected chi connectivity index (χ3v) is 3.48. The molecule has 0 saturated carbocycles. The molecule has 2 N–H and O–H groups in total. The number of nitrogens with zero attached hydrogens (tertiary/aromatic N) is 3. The van der Waals surface area contributed by atoms with E-state index in [4.69, 9.17) is 0 Å². The van der Waals surface area contributed by atoms with Crippen LogP contribution in [0.2, 0.25) is 0 Å². The Kier molecular flexibility index (Phi) is 4.77. The molecule has 0 aliphatic heterocycles. The number of hydrogen-bond acceptors (Lipinski definition) is 6. The van der Waals surface area contributed by atoms with Gasteiger partial charge in [0.2, 0.25) is 0 Å². The molecular weight excluding hydrogens is 334 g/mol. The molecule has 1 heterocycles. The van der Waals surface area contributed by atoms with E-state index in [9.17, 15) is 29.8 Å². The van der Waals surface area contributed by atoms with Crippen molar-refractivity contribution in [2.75, 3.05) is 0 Å². The lowest BCUT2D eigenvalue weighted by Gasteiger charge is -2.10. The van der Waals surface area contributed by atoms with Crippen molar-refractivity contribution in [3.8, 4) is 0 Å². The molecule has 0 unspecified atom stereocenters. The first-order valence-electron chi connectivity index (χ1n) is 6.87. The van der Waals surface area contributed by atoms with Crippen molar-refractivity contribution in [1.29, 1.82) is 0 Å². The minimum absolute atomic E-state index is 0.0544. The zero-order valence-corrected chi connectivity index (χ0v) is 13.2. The standard InChI is InChI=1S/C14H13N5O6/c1-8-10(6-9(18(22)23)7-12(8)19(24)25)13(20)15-16-14(21)11-4-3-5-17(11)2/h3-7H,1-2H3,(H,15,20)(H,16,21). The Labute approximate surface area is 140 Å². The molecular formula is C14H13N5O6. The first-order chi connectivity index (χ1) is 11.7. The fourth-order valence-electron chi connectivity index (χ4n) is 2.16. The van der Waals surface area contributed by atoms with Crippen LogP contribution >= 0.6 is 0 Å². The number of hydrazine groups is 1. The van der Waals surface area contributed by atoms with Gasteiger partial charge in [-0.2, -0.15) is 0 Å². The molecule has 1 aromatic carbocycles. The fraction of sp³-hybridized carbons (Fsp3) is 0.143. The lowest BCUT2D eigenvalue weighted by molar-refractivity contribution is -0.394. The molecule has 2 amide bonds. The number of nitrogens with one attached hydrogen (secondary N) is 2. The summed E-state index contributed by atoms with van der Waals surface area (Å²) in [6.45, 7) is 1.29. The molecule has 11 heteroatoms. The van der Waals surface area contributed by atoms with Crippen molar-refractivity contribution in [3.05, 3.63) is 67.5 Å². The van der Waals surface area contributed by atoms with E-state index in [1.54, 1.807) is 19.3 Å². The number of aryl methyl sites for hydroxylation is 1. The summed E-state index contributed by atoms with van der Waals surface area (Å²) < 4.78 is 1.52. The van der Waals surface area contributed by atoms with Gasteiger partial charge in [-0.15, -0.1) is 0 Å².